The maximum atomic E-state index is 13.3. The van der Waals surface area contributed by atoms with Gasteiger partial charge in [0, 0.05) is 22.4 Å². The molecule has 1 atom stereocenters. The number of hydrogen-bond donors (Lipinski definition) is 3. The van der Waals surface area contributed by atoms with Crippen LogP contribution in [0, 0.1) is 3.57 Å². The molecule has 0 spiro atoms. The highest BCUT2D eigenvalue weighted by Crippen LogP contribution is 2.26. The van der Waals surface area contributed by atoms with Gasteiger partial charge in [-0.25, -0.2) is 13.2 Å². The Bertz CT molecular complexity index is 1510. The van der Waals surface area contributed by atoms with Crippen LogP contribution in [0.1, 0.15) is 15.9 Å². The van der Waals surface area contributed by atoms with E-state index in [-0.39, 0.29) is 28.1 Å². The Kier molecular flexibility index (Phi) is 7.26. The molecular formula is C24H19IN4O5S. The fourth-order valence-electron chi connectivity index (χ4n) is 3.47. The number of aromatic nitrogens is 2. The second kappa shape index (κ2) is 10.4. The maximum Gasteiger partial charge on any atom is 0.326 e. The average molecular weight is 602 g/mol. The molecule has 0 fully saturated rings. The van der Waals surface area contributed by atoms with E-state index >= 15 is 0 Å². The molecule has 3 aromatic carbocycles. The van der Waals surface area contributed by atoms with Crippen molar-refractivity contribution in [2.45, 2.75) is 17.4 Å². The number of carbonyl (C=O) groups is 2. The smallest absolute Gasteiger partial charge is 0.326 e. The van der Waals surface area contributed by atoms with Gasteiger partial charge >= 0.3 is 5.97 Å². The summed E-state index contributed by atoms with van der Waals surface area (Å²) in [5, 5.41) is 12.1. The van der Waals surface area contributed by atoms with Crippen molar-refractivity contribution in [2.75, 3.05) is 4.72 Å². The number of aliphatic carboxylic acids is 1. The summed E-state index contributed by atoms with van der Waals surface area (Å²) >= 11 is 1.99. The van der Waals surface area contributed by atoms with Crippen LogP contribution in [0.4, 0.5) is 5.69 Å². The van der Waals surface area contributed by atoms with Crippen molar-refractivity contribution in [3.05, 3.63) is 93.8 Å². The highest BCUT2D eigenvalue weighted by molar-refractivity contribution is 14.1. The van der Waals surface area contributed by atoms with Gasteiger partial charge < -0.3 is 10.4 Å². The molecular weight excluding hydrogens is 583 g/mol. The molecule has 35 heavy (non-hydrogen) atoms. The molecule has 0 aliphatic rings. The summed E-state index contributed by atoms with van der Waals surface area (Å²) < 4.78 is 29.7. The van der Waals surface area contributed by atoms with Crippen molar-refractivity contribution in [2.24, 2.45) is 0 Å². The van der Waals surface area contributed by atoms with Crippen molar-refractivity contribution < 1.29 is 23.1 Å². The summed E-state index contributed by atoms with van der Waals surface area (Å²) in [4.78, 5) is 33.1. The van der Waals surface area contributed by atoms with E-state index in [1.165, 1.54) is 30.6 Å². The second-order valence-electron chi connectivity index (χ2n) is 7.53. The third-order valence-corrected chi connectivity index (χ3v) is 7.18. The van der Waals surface area contributed by atoms with Crippen molar-refractivity contribution >= 4 is 61.2 Å². The predicted molar refractivity (Wildman–Crippen MR) is 139 cm³/mol. The van der Waals surface area contributed by atoms with Gasteiger partial charge in [-0.1, -0.05) is 36.4 Å². The third kappa shape index (κ3) is 5.74. The topological polar surface area (TPSA) is 138 Å². The zero-order valence-electron chi connectivity index (χ0n) is 18.1. The number of benzene rings is 3. The van der Waals surface area contributed by atoms with Crippen molar-refractivity contribution in [3.63, 3.8) is 0 Å². The summed E-state index contributed by atoms with van der Waals surface area (Å²) in [7, 11) is -4.16. The van der Waals surface area contributed by atoms with Gasteiger partial charge in [0.05, 0.1) is 16.8 Å². The van der Waals surface area contributed by atoms with Crippen LogP contribution in [0.5, 0.6) is 0 Å². The van der Waals surface area contributed by atoms with Crippen molar-refractivity contribution in [1.82, 2.24) is 15.3 Å². The lowest BCUT2D eigenvalue weighted by atomic mass is 10.1. The number of carboxylic acids is 1. The number of anilines is 1. The normalized spacial score (nSPS) is 12.1. The molecule has 1 unspecified atom stereocenters. The van der Waals surface area contributed by atoms with Gasteiger partial charge in [-0.15, -0.1) is 0 Å². The first-order valence-corrected chi connectivity index (χ1v) is 12.9. The van der Waals surface area contributed by atoms with Crippen LogP contribution >= 0.6 is 22.6 Å². The second-order valence-corrected chi connectivity index (χ2v) is 10.4. The number of halogens is 1. The Hall–Kier alpha value is -3.58. The molecule has 11 heteroatoms. The lowest BCUT2D eigenvalue weighted by molar-refractivity contribution is -0.139. The highest BCUT2D eigenvalue weighted by Gasteiger charge is 2.25. The van der Waals surface area contributed by atoms with Crippen LogP contribution in [0.25, 0.3) is 11.0 Å². The van der Waals surface area contributed by atoms with Crippen LogP contribution in [0.15, 0.2) is 84.0 Å². The molecule has 1 amide bonds. The standard InChI is InChI=1S/C24H19IN4O5S/c25-16-9-10-17(23(30)28-20(24(31)32)13-15-5-2-1-3-6-15)19(14-16)29-35(33,34)21-8-4-7-18-22(21)27-12-11-26-18/h1-12,14,20,29H,13H2,(H,28,30)(H,31,32). The van der Waals surface area contributed by atoms with Crippen LogP contribution < -0.4 is 10.0 Å². The van der Waals surface area contributed by atoms with Crippen LogP contribution in [0.3, 0.4) is 0 Å². The zero-order chi connectivity index (χ0) is 25.0. The van der Waals surface area contributed by atoms with E-state index in [9.17, 15) is 23.1 Å². The summed E-state index contributed by atoms with van der Waals surface area (Å²) in [6, 6.07) is 16.8. The molecule has 0 saturated carbocycles. The summed E-state index contributed by atoms with van der Waals surface area (Å²) in [6.07, 6.45) is 2.93. The van der Waals surface area contributed by atoms with Crippen LogP contribution in [-0.4, -0.2) is 41.4 Å². The molecule has 0 aliphatic carbocycles. The van der Waals surface area contributed by atoms with Crippen LogP contribution in [0.2, 0.25) is 0 Å². The van der Waals surface area contributed by atoms with Gasteiger partial charge in [-0.3, -0.25) is 19.5 Å². The quantitative estimate of drug-likeness (QED) is 0.263. The molecule has 0 radical (unpaired) electrons. The first kappa shape index (κ1) is 24.5. The number of carboxylic acid groups (broad SMARTS) is 1. The summed E-state index contributed by atoms with van der Waals surface area (Å²) in [5.74, 6) is -1.93. The minimum Gasteiger partial charge on any atom is -0.480 e. The number of para-hydroxylation sites is 1. The number of amides is 1. The van der Waals surface area contributed by atoms with Gasteiger partial charge in [0.25, 0.3) is 15.9 Å². The number of nitrogens with zero attached hydrogens (tertiary/aromatic N) is 2. The van der Waals surface area contributed by atoms with Gasteiger partial charge in [0.1, 0.15) is 16.5 Å². The van der Waals surface area contributed by atoms with E-state index < -0.39 is 27.9 Å². The number of rotatable bonds is 8. The number of hydrogen-bond acceptors (Lipinski definition) is 6. The SMILES string of the molecule is O=C(NC(Cc1ccccc1)C(=O)O)c1ccc(I)cc1NS(=O)(=O)c1cccc2nccnc12. The molecule has 1 heterocycles. The van der Waals surface area contributed by atoms with Gasteiger partial charge in [0.2, 0.25) is 0 Å². The fraction of sp³-hybridized carbons (Fsp3) is 0.0833. The molecule has 0 saturated heterocycles. The Morgan fingerprint density at radius 1 is 0.971 bits per heavy atom. The lowest BCUT2D eigenvalue weighted by Crippen LogP contribution is -2.42. The maximum absolute atomic E-state index is 13.3. The molecule has 0 aliphatic heterocycles. The monoisotopic (exact) mass is 602 g/mol. The summed E-state index contributed by atoms with van der Waals surface area (Å²) in [6.45, 7) is 0. The van der Waals surface area contributed by atoms with Crippen molar-refractivity contribution in [1.29, 1.82) is 0 Å². The highest BCUT2D eigenvalue weighted by atomic mass is 127. The van der Waals surface area contributed by atoms with E-state index in [1.54, 1.807) is 42.5 Å². The zero-order valence-corrected chi connectivity index (χ0v) is 21.0. The minimum atomic E-state index is -4.16. The first-order chi connectivity index (χ1) is 16.7. The Labute approximate surface area is 214 Å². The van der Waals surface area contributed by atoms with E-state index in [0.29, 0.717) is 9.09 Å². The molecule has 9 nitrogen and oxygen atoms in total. The number of sulfonamides is 1. The average Bonchev–Trinajstić information content (AvgIpc) is 2.83. The van der Waals surface area contributed by atoms with Gasteiger partial charge in [0.15, 0.2) is 0 Å². The van der Waals surface area contributed by atoms with E-state index in [0.717, 1.165) is 5.56 Å². The predicted octanol–water partition coefficient (Wildman–Crippen LogP) is 3.46. The molecule has 3 N–H and O–H groups in total. The third-order valence-electron chi connectivity index (χ3n) is 5.11. The Morgan fingerprint density at radius 3 is 2.46 bits per heavy atom. The molecule has 1 aromatic heterocycles. The largest absolute Gasteiger partial charge is 0.480 e. The number of fused-ring (bicyclic) bond motifs is 1. The van der Waals surface area contributed by atoms with E-state index in [1.807, 2.05) is 28.7 Å². The van der Waals surface area contributed by atoms with Gasteiger partial charge in [-0.05, 0) is 58.5 Å². The molecule has 178 valence electrons. The van der Waals surface area contributed by atoms with E-state index in [4.69, 9.17) is 0 Å². The lowest BCUT2D eigenvalue weighted by Gasteiger charge is -2.17. The summed E-state index contributed by atoms with van der Waals surface area (Å²) in [5.41, 5.74) is 1.33. The number of carbonyl (C=O) groups excluding carboxylic acids is 1. The minimum absolute atomic E-state index is 0.0131. The molecule has 0 bridgehead atoms. The van der Waals surface area contributed by atoms with Crippen LogP contribution in [-0.2, 0) is 21.2 Å². The molecule has 4 aromatic rings. The first-order valence-electron chi connectivity index (χ1n) is 10.3. The number of nitrogens with one attached hydrogen (secondary N) is 2. The van der Waals surface area contributed by atoms with Gasteiger partial charge in [-0.2, -0.15) is 0 Å². The van der Waals surface area contributed by atoms with E-state index in [2.05, 4.69) is 20.0 Å². The molecule has 4 rings (SSSR count). The fourth-order valence-corrected chi connectivity index (χ4v) is 5.20. The Balaban J connectivity index is 1.64. The van der Waals surface area contributed by atoms with Crippen molar-refractivity contribution in [3.8, 4) is 0 Å². The Morgan fingerprint density at radius 2 is 1.71 bits per heavy atom.